The average molecular weight is 308 g/mol. The molecule has 1 N–H and O–H groups in total. The highest BCUT2D eigenvalue weighted by Gasteiger charge is 2.15. The maximum absolute atomic E-state index is 6.17. The maximum atomic E-state index is 6.17. The molecule has 0 bridgehead atoms. The first kappa shape index (κ1) is 15.4. The van der Waals surface area contributed by atoms with Gasteiger partial charge in [-0.3, -0.25) is 9.97 Å². The van der Waals surface area contributed by atoms with Crippen LogP contribution in [0.2, 0.25) is 5.02 Å². The second-order valence-electron chi connectivity index (χ2n) is 4.58. The van der Waals surface area contributed by atoms with Crippen LogP contribution in [-0.4, -0.2) is 24.2 Å². The van der Waals surface area contributed by atoms with Crippen LogP contribution in [-0.2, 0) is 0 Å². The Morgan fingerprint density at radius 3 is 2.38 bits per heavy atom. The molecule has 0 amide bonds. The zero-order valence-corrected chi connectivity index (χ0v) is 13.2. The van der Waals surface area contributed by atoms with Crippen LogP contribution >= 0.6 is 11.6 Å². The predicted octanol–water partition coefficient (Wildman–Crippen LogP) is 3.63. The lowest BCUT2D eigenvalue weighted by atomic mass is 10.1. The van der Waals surface area contributed by atoms with Crippen LogP contribution in [0.25, 0.3) is 0 Å². The van der Waals surface area contributed by atoms with Gasteiger partial charge in [0.05, 0.1) is 42.4 Å². The van der Waals surface area contributed by atoms with Crippen LogP contribution in [0.5, 0.6) is 11.5 Å². The number of aryl methyl sites for hydroxylation is 1. The summed E-state index contributed by atoms with van der Waals surface area (Å²) in [6.45, 7) is 3.94. The number of hydrogen-bond acceptors (Lipinski definition) is 5. The molecular formula is C15H18ClN3O2. The Kier molecular flexibility index (Phi) is 4.85. The number of rotatable bonds is 5. The van der Waals surface area contributed by atoms with Gasteiger partial charge in [-0.1, -0.05) is 11.6 Å². The van der Waals surface area contributed by atoms with Crippen molar-refractivity contribution >= 4 is 17.3 Å². The number of nitrogens with one attached hydrogen (secondary N) is 1. The summed E-state index contributed by atoms with van der Waals surface area (Å²) in [6.07, 6.45) is 3.36. The average Bonchev–Trinajstić information content (AvgIpc) is 2.48. The minimum absolute atomic E-state index is 0.0305. The van der Waals surface area contributed by atoms with E-state index < -0.39 is 0 Å². The molecule has 1 atom stereocenters. The van der Waals surface area contributed by atoms with Crippen molar-refractivity contribution in [3.05, 3.63) is 40.9 Å². The number of aromatic nitrogens is 2. The van der Waals surface area contributed by atoms with E-state index in [0.717, 1.165) is 17.1 Å². The van der Waals surface area contributed by atoms with E-state index in [9.17, 15) is 0 Å². The highest BCUT2D eigenvalue weighted by atomic mass is 35.5. The first-order valence-corrected chi connectivity index (χ1v) is 6.90. The molecule has 0 radical (unpaired) electrons. The second-order valence-corrected chi connectivity index (χ2v) is 4.99. The van der Waals surface area contributed by atoms with Crippen molar-refractivity contribution in [2.24, 2.45) is 0 Å². The third-order valence-corrected chi connectivity index (χ3v) is 3.47. The molecule has 0 spiro atoms. The molecule has 1 aromatic carbocycles. The van der Waals surface area contributed by atoms with Crippen molar-refractivity contribution in [3.8, 4) is 11.5 Å². The monoisotopic (exact) mass is 307 g/mol. The third kappa shape index (κ3) is 3.36. The molecule has 0 aliphatic rings. The van der Waals surface area contributed by atoms with Crippen LogP contribution in [0.1, 0.15) is 24.4 Å². The van der Waals surface area contributed by atoms with Gasteiger partial charge < -0.3 is 14.8 Å². The summed E-state index contributed by atoms with van der Waals surface area (Å²) in [5.74, 6) is 1.23. The van der Waals surface area contributed by atoms with Crippen LogP contribution in [0.3, 0.4) is 0 Å². The zero-order valence-electron chi connectivity index (χ0n) is 12.5. The van der Waals surface area contributed by atoms with E-state index in [1.807, 2.05) is 13.8 Å². The van der Waals surface area contributed by atoms with E-state index in [1.165, 1.54) is 0 Å². The topological polar surface area (TPSA) is 56.3 Å². The second kappa shape index (κ2) is 6.63. The van der Waals surface area contributed by atoms with Crippen molar-refractivity contribution in [2.45, 2.75) is 19.9 Å². The summed E-state index contributed by atoms with van der Waals surface area (Å²) in [4.78, 5) is 8.61. The van der Waals surface area contributed by atoms with Gasteiger partial charge in [-0.25, -0.2) is 0 Å². The first-order valence-electron chi connectivity index (χ1n) is 6.52. The molecule has 5 nitrogen and oxygen atoms in total. The van der Waals surface area contributed by atoms with E-state index in [1.54, 1.807) is 38.7 Å². The molecule has 21 heavy (non-hydrogen) atoms. The lowest BCUT2D eigenvalue weighted by Gasteiger charge is -2.19. The first-order chi connectivity index (χ1) is 10.1. The Morgan fingerprint density at radius 1 is 1.10 bits per heavy atom. The van der Waals surface area contributed by atoms with Crippen molar-refractivity contribution in [1.29, 1.82) is 0 Å². The number of ether oxygens (including phenoxy) is 2. The van der Waals surface area contributed by atoms with Gasteiger partial charge in [-0.2, -0.15) is 0 Å². The highest BCUT2D eigenvalue weighted by Crippen LogP contribution is 2.37. The van der Waals surface area contributed by atoms with E-state index >= 15 is 0 Å². The Labute approximate surface area is 129 Å². The standard InChI is InChI=1S/C15H18ClN3O2/c1-9-15(18-6-5-17-9)10(2)19-12-7-11(16)13(20-3)8-14(12)21-4/h5-8,10,19H,1-4H3. The molecule has 1 heterocycles. The zero-order chi connectivity index (χ0) is 15.4. The summed E-state index contributed by atoms with van der Waals surface area (Å²) in [5.41, 5.74) is 2.54. The Hall–Kier alpha value is -2.01. The number of hydrogen-bond donors (Lipinski definition) is 1. The molecule has 6 heteroatoms. The van der Waals surface area contributed by atoms with Crippen molar-refractivity contribution < 1.29 is 9.47 Å². The fraction of sp³-hybridized carbons (Fsp3) is 0.333. The van der Waals surface area contributed by atoms with Crippen LogP contribution < -0.4 is 14.8 Å². The molecule has 0 fully saturated rings. The molecule has 2 aromatic rings. The van der Waals surface area contributed by atoms with Gasteiger partial charge in [0.2, 0.25) is 0 Å². The van der Waals surface area contributed by atoms with Crippen LogP contribution in [0.15, 0.2) is 24.5 Å². The fourth-order valence-electron chi connectivity index (χ4n) is 2.12. The van der Waals surface area contributed by atoms with Gasteiger partial charge in [0.15, 0.2) is 0 Å². The predicted molar refractivity (Wildman–Crippen MR) is 83.4 cm³/mol. The van der Waals surface area contributed by atoms with E-state index in [2.05, 4.69) is 15.3 Å². The summed E-state index contributed by atoms with van der Waals surface area (Å²) in [5, 5.41) is 3.86. The normalized spacial score (nSPS) is 11.9. The summed E-state index contributed by atoms with van der Waals surface area (Å²) < 4.78 is 10.6. The number of halogens is 1. The fourth-order valence-corrected chi connectivity index (χ4v) is 2.36. The Bertz CT molecular complexity index is 634. The van der Waals surface area contributed by atoms with Crippen LogP contribution in [0, 0.1) is 6.92 Å². The molecule has 1 aromatic heterocycles. The van der Waals surface area contributed by atoms with Gasteiger partial charge in [0.1, 0.15) is 11.5 Å². The number of anilines is 1. The molecule has 2 rings (SSSR count). The van der Waals surface area contributed by atoms with E-state index in [-0.39, 0.29) is 6.04 Å². The molecule has 0 saturated carbocycles. The largest absolute Gasteiger partial charge is 0.495 e. The van der Waals surface area contributed by atoms with Crippen molar-refractivity contribution in [3.63, 3.8) is 0 Å². The molecular weight excluding hydrogens is 290 g/mol. The van der Waals surface area contributed by atoms with E-state index in [4.69, 9.17) is 21.1 Å². The highest BCUT2D eigenvalue weighted by molar-refractivity contribution is 6.32. The molecule has 0 aliphatic carbocycles. The summed E-state index contributed by atoms with van der Waals surface area (Å²) in [7, 11) is 3.17. The molecule has 0 aliphatic heterocycles. The number of methoxy groups -OCH3 is 2. The number of nitrogens with zero attached hydrogens (tertiary/aromatic N) is 2. The Balaban J connectivity index is 2.31. The quantitative estimate of drug-likeness (QED) is 0.914. The maximum Gasteiger partial charge on any atom is 0.145 e. The van der Waals surface area contributed by atoms with Gasteiger partial charge >= 0.3 is 0 Å². The smallest absolute Gasteiger partial charge is 0.145 e. The van der Waals surface area contributed by atoms with E-state index in [0.29, 0.717) is 16.5 Å². The van der Waals surface area contributed by atoms with Crippen molar-refractivity contribution in [1.82, 2.24) is 9.97 Å². The van der Waals surface area contributed by atoms with Crippen LogP contribution in [0.4, 0.5) is 5.69 Å². The minimum atomic E-state index is -0.0305. The summed E-state index contributed by atoms with van der Waals surface area (Å²) in [6, 6.07) is 3.50. The van der Waals surface area contributed by atoms with Gasteiger partial charge in [-0.05, 0) is 19.9 Å². The Morgan fingerprint density at radius 2 is 1.76 bits per heavy atom. The van der Waals surface area contributed by atoms with Crippen molar-refractivity contribution in [2.75, 3.05) is 19.5 Å². The summed E-state index contributed by atoms with van der Waals surface area (Å²) >= 11 is 6.17. The van der Waals surface area contributed by atoms with Gasteiger partial charge in [0, 0.05) is 18.5 Å². The number of benzene rings is 1. The van der Waals surface area contributed by atoms with Gasteiger partial charge in [0.25, 0.3) is 0 Å². The lowest BCUT2D eigenvalue weighted by Crippen LogP contribution is -2.11. The molecule has 112 valence electrons. The molecule has 0 saturated heterocycles. The minimum Gasteiger partial charge on any atom is -0.495 e. The molecule has 1 unspecified atom stereocenters. The SMILES string of the molecule is COc1cc(OC)c(NC(C)c2nccnc2C)cc1Cl. The third-order valence-electron chi connectivity index (χ3n) is 3.18. The lowest BCUT2D eigenvalue weighted by molar-refractivity contribution is 0.395. The van der Waals surface area contributed by atoms with Gasteiger partial charge in [-0.15, -0.1) is 0 Å².